The van der Waals surface area contributed by atoms with Crippen LogP contribution in [0.25, 0.3) is 0 Å². The van der Waals surface area contributed by atoms with Gasteiger partial charge in [-0.15, -0.1) is 0 Å². The molecular formula is C16H23FN4O2. The number of hydrazine groups is 1. The maximum absolute atomic E-state index is 13.5. The number of hydrogen-bond donors (Lipinski definition) is 3. The molecule has 3 N–H and O–H groups in total. The summed E-state index contributed by atoms with van der Waals surface area (Å²) in [5.41, 5.74) is 6.12. The normalized spacial score (nSPS) is 14.7. The minimum atomic E-state index is -0.563. The number of nitrogens with one attached hydrogen (secondary N) is 3. The molecule has 1 heterocycles. The maximum Gasteiger partial charge on any atom is 0.254 e. The van der Waals surface area contributed by atoms with Gasteiger partial charge < -0.3 is 10.2 Å². The Morgan fingerprint density at radius 3 is 2.70 bits per heavy atom. The molecule has 2 rings (SSSR count). The number of carbonyl (C=O) groups is 2. The molecule has 0 aliphatic carbocycles. The van der Waals surface area contributed by atoms with Crippen molar-refractivity contribution in [1.82, 2.24) is 21.1 Å². The average molecular weight is 322 g/mol. The van der Waals surface area contributed by atoms with Crippen molar-refractivity contribution in [2.45, 2.75) is 12.8 Å². The number of halogens is 1. The maximum atomic E-state index is 13.5. The molecule has 1 aromatic carbocycles. The van der Waals surface area contributed by atoms with Gasteiger partial charge >= 0.3 is 0 Å². The van der Waals surface area contributed by atoms with Gasteiger partial charge in [-0.3, -0.25) is 20.4 Å². The Balaban J connectivity index is 1.67. The molecule has 2 amide bonds. The van der Waals surface area contributed by atoms with Crippen LogP contribution in [0.3, 0.4) is 0 Å². The predicted octanol–water partition coefficient (Wildman–Crippen LogP) is 0.518. The van der Waals surface area contributed by atoms with Crippen molar-refractivity contribution in [1.29, 1.82) is 0 Å². The van der Waals surface area contributed by atoms with E-state index in [1.54, 1.807) is 18.0 Å². The third-order valence-corrected chi connectivity index (χ3v) is 3.95. The molecule has 0 bridgehead atoms. The van der Waals surface area contributed by atoms with E-state index in [9.17, 15) is 14.0 Å². The van der Waals surface area contributed by atoms with Crippen molar-refractivity contribution < 1.29 is 14.0 Å². The summed E-state index contributed by atoms with van der Waals surface area (Å²) in [6, 6.07) is 5.78. The Hall–Kier alpha value is -1.99. The molecule has 1 saturated heterocycles. The van der Waals surface area contributed by atoms with E-state index in [0.29, 0.717) is 12.5 Å². The Morgan fingerprint density at radius 2 is 2.00 bits per heavy atom. The topological polar surface area (TPSA) is 73.5 Å². The van der Waals surface area contributed by atoms with Crippen molar-refractivity contribution in [2.24, 2.45) is 5.92 Å². The highest BCUT2D eigenvalue weighted by atomic mass is 19.1. The molecule has 7 heteroatoms. The minimum absolute atomic E-state index is 0.00506. The number of carbonyl (C=O) groups excluding carboxylic acids is 2. The molecule has 23 heavy (non-hydrogen) atoms. The van der Waals surface area contributed by atoms with Gasteiger partial charge in [0.15, 0.2) is 0 Å². The second-order valence-electron chi connectivity index (χ2n) is 5.72. The van der Waals surface area contributed by atoms with Crippen molar-refractivity contribution in [3.05, 3.63) is 35.6 Å². The first kappa shape index (κ1) is 17.4. The van der Waals surface area contributed by atoms with E-state index in [4.69, 9.17) is 0 Å². The number of amides is 2. The van der Waals surface area contributed by atoms with E-state index in [-0.39, 0.29) is 24.4 Å². The van der Waals surface area contributed by atoms with Crippen LogP contribution in [0.2, 0.25) is 0 Å². The SMILES string of the molecule is CN(CCC1CNNC1)C(=O)CCNC(=O)c1ccccc1F. The molecule has 0 spiro atoms. The quantitative estimate of drug-likeness (QED) is 0.684. The van der Waals surface area contributed by atoms with Crippen molar-refractivity contribution in [3.63, 3.8) is 0 Å². The van der Waals surface area contributed by atoms with Crippen LogP contribution in [0, 0.1) is 11.7 Å². The van der Waals surface area contributed by atoms with E-state index < -0.39 is 11.7 Å². The van der Waals surface area contributed by atoms with Gasteiger partial charge in [0.1, 0.15) is 5.82 Å². The monoisotopic (exact) mass is 322 g/mol. The molecule has 1 aromatic rings. The molecule has 0 unspecified atom stereocenters. The summed E-state index contributed by atoms with van der Waals surface area (Å²) in [6.07, 6.45) is 1.14. The highest BCUT2D eigenvalue weighted by molar-refractivity contribution is 5.94. The molecule has 1 fully saturated rings. The molecule has 0 radical (unpaired) electrons. The zero-order valence-electron chi connectivity index (χ0n) is 13.3. The van der Waals surface area contributed by atoms with Gasteiger partial charge in [-0.2, -0.15) is 0 Å². The average Bonchev–Trinajstić information content (AvgIpc) is 3.06. The van der Waals surface area contributed by atoms with Crippen LogP contribution in [0.5, 0.6) is 0 Å². The largest absolute Gasteiger partial charge is 0.351 e. The number of hydrogen-bond acceptors (Lipinski definition) is 4. The second kappa shape index (κ2) is 8.59. The van der Waals surface area contributed by atoms with Gasteiger partial charge in [0, 0.05) is 39.6 Å². The van der Waals surface area contributed by atoms with Crippen LogP contribution in [-0.2, 0) is 4.79 Å². The van der Waals surface area contributed by atoms with Gasteiger partial charge in [0.05, 0.1) is 5.56 Å². The summed E-state index contributed by atoms with van der Waals surface area (Å²) in [4.78, 5) is 25.5. The van der Waals surface area contributed by atoms with Crippen LogP contribution in [0.1, 0.15) is 23.2 Å². The molecular weight excluding hydrogens is 299 g/mol. The van der Waals surface area contributed by atoms with E-state index in [0.717, 1.165) is 19.5 Å². The molecule has 6 nitrogen and oxygen atoms in total. The van der Waals surface area contributed by atoms with E-state index in [1.807, 2.05) is 0 Å². The Morgan fingerprint density at radius 1 is 1.30 bits per heavy atom. The summed E-state index contributed by atoms with van der Waals surface area (Å²) in [5.74, 6) is -0.558. The zero-order valence-corrected chi connectivity index (χ0v) is 13.3. The lowest BCUT2D eigenvalue weighted by atomic mass is 10.1. The fourth-order valence-electron chi connectivity index (χ4n) is 2.42. The summed E-state index contributed by atoms with van der Waals surface area (Å²) < 4.78 is 13.5. The summed E-state index contributed by atoms with van der Waals surface area (Å²) >= 11 is 0. The fraction of sp³-hybridized carbons (Fsp3) is 0.500. The Labute approximate surface area is 135 Å². The fourth-order valence-corrected chi connectivity index (χ4v) is 2.42. The lowest BCUT2D eigenvalue weighted by Crippen LogP contribution is -2.33. The highest BCUT2D eigenvalue weighted by Crippen LogP contribution is 2.07. The summed E-state index contributed by atoms with van der Waals surface area (Å²) in [7, 11) is 1.76. The summed E-state index contributed by atoms with van der Waals surface area (Å²) in [6.45, 7) is 2.72. The zero-order chi connectivity index (χ0) is 16.7. The first-order chi connectivity index (χ1) is 11.1. The molecule has 0 atom stereocenters. The number of nitrogens with zero attached hydrogens (tertiary/aromatic N) is 1. The standard InChI is InChI=1S/C16H23FN4O2/c1-21(9-7-12-10-19-20-11-12)15(22)6-8-18-16(23)13-4-2-3-5-14(13)17/h2-5,12,19-20H,6-11H2,1H3,(H,18,23). The second-order valence-corrected chi connectivity index (χ2v) is 5.72. The predicted molar refractivity (Wildman–Crippen MR) is 85.1 cm³/mol. The lowest BCUT2D eigenvalue weighted by molar-refractivity contribution is -0.129. The van der Waals surface area contributed by atoms with Crippen LogP contribution in [0.15, 0.2) is 24.3 Å². The van der Waals surface area contributed by atoms with Crippen LogP contribution in [0.4, 0.5) is 4.39 Å². The van der Waals surface area contributed by atoms with Crippen molar-refractivity contribution in [2.75, 3.05) is 33.2 Å². The Bertz CT molecular complexity index is 547. The first-order valence-electron chi connectivity index (χ1n) is 7.80. The molecule has 126 valence electrons. The minimum Gasteiger partial charge on any atom is -0.351 e. The van der Waals surface area contributed by atoms with Gasteiger partial charge in [-0.25, -0.2) is 4.39 Å². The summed E-state index contributed by atoms with van der Waals surface area (Å²) in [5, 5.41) is 2.58. The van der Waals surface area contributed by atoms with Gasteiger partial charge in [0.25, 0.3) is 5.91 Å². The van der Waals surface area contributed by atoms with Crippen molar-refractivity contribution >= 4 is 11.8 Å². The molecule has 0 saturated carbocycles. The van der Waals surface area contributed by atoms with E-state index in [2.05, 4.69) is 16.2 Å². The lowest BCUT2D eigenvalue weighted by Gasteiger charge is -2.19. The molecule has 1 aliphatic heterocycles. The third-order valence-electron chi connectivity index (χ3n) is 3.95. The van der Waals surface area contributed by atoms with Crippen LogP contribution >= 0.6 is 0 Å². The first-order valence-corrected chi connectivity index (χ1v) is 7.80. The van der Waals surface area contributed by atoms with Gasteiger partial charge in [-0.05, 0) is 24.5 Å². The number of benzene rings is 1. The molecule has 0 aromatic heterocycles. The Kier molecular flexibility index (Phi) is 6.49. The van der Waals surface area contributed by atoms with E-state index in [1.165, 1.54) is 18.2 Å². The van der Waals surface area contributed by atoms with Gasteiger partial charge in [-0.1, -0.05) is 12.1 Å². The van der Waals surface area contributed by atoms with E-state index >= 15 is 0 Å². The van der Waals surface area contributed by atoms with Crippen LogP contribution in [-0.4, -0.2) is 49.9 Å². The highest BCUT2D eigenvalue weighted by Gasteiger charge is 2.17. The smallest absolute Gasteiger partial charge is 0.254 e. The van der Waals surface area contributed by atoms with Gasteiger partial charge in [0.2, 0.25) is 5.91 Å². The van der Waals surface area contributed by atoms with Crippen molar-refractivity contribution in [3.8, 4) is 0 Å². The third kappa shape index (κ3) is 5.30. The molecule has 1 aliphatic rings. The number of rotatable bonds is 7. The van der Waals surface area contributed by atoms with Crippen LogP contribution < -0.4 is 16.2 Å².